The lowest BCUT2D eigenvalue weighted by atomic mass is 10.1. The quantitative estimate of drug-likeness (QED) is 0.758. The van der Waals surface area contributed by atoms with Gasteiger partial charge >= 0.3 is 0 Å². The lowest BCUT2D eigenvalue weighted by Crippen LogP contribution is -2.51. The molecule has 1 atom stereocenters. The number of likely N-dealkylation sites (tertiary alicyclic amines) is 1. The molecule has 0 spiro atoms. The van der Waals surface area contributed by atoms with E-state index < -0.39 is 6.67 Å². The van der Waals surface area contributed by atoms with Crippen LogP contribution in [-0.4, -0.2) is 31.1 Å². The smallest absolute Gasteiger partial charge is 0.163 e. The van der Waals surface area contributed by atoms with Gasteiger partial charge in [0.05, 0.1) is 0 Å². The third kappa shape index (κ3) is 4.00. The number of hydrogen-bond donors (Lipinski definition) is 0. The molecule has 128 valence electrons. The van der Waals surface area contributed by atoms with Crippen LogP contribution in [0.25, 0.3) is 0 Å². The third-order valence-corrected chi connectivity index (χ3v) is 4.34. The van der Waals surface area contributed by atoms with Gasteiger partial charge in [0.25, 0.3) is 0 Å². The summed E-state index contributed by atoms with van der Waals surface area (Å²) >= 11 is 6.10. The minimum atomic E-state index is -0.481. The van der Waals surface area contributed by atoms with Crippen molar-refractivity contribution in [3.05, 3.63) is 58.6 Å². The van der Waals surface area contributed by atoms with Crippen molar-refractivity contribution in [2.45, 2.75) is 25.8 Å². The van der Waals surface area contributed by atoms with Crippen LogP contribution in [0.15, 0.2) is 42.5 Å². The van der Waals surface area contributed by atoms with Gasteiger partial charge in [-0.1, -0.05) is 29.8 Å². The molecule has 0 amide bonds. The summed E-state index contributed by atoms with van der Waals surface area (Å²) in [6, 6.07) is 12.7. The summed E-state index contributed by atoms with van der Waals surface area (Å²) in [5.74, 6) is 1.29. The highest BCUT2D eigenvalue weighted by molar-refractivity contribution is 6.30. The Kier molecular flexibility index (Phi) is 5.27. The predicted octanol–water partition coefficient (Wildman–Crippen LogP) is 4.64. The first-order chi connectivity index (χ1) is 11.5. The van der Waals surface area contributed by atoms with Crippen molar-refractivity contribution in [2.24, 2.45) is 0 Å². The van der Waals surface area contributed by atoms with Gasteiger partial charge in [-0.2, -0.15) is 0 Å². The SMILES string of the molecule is C[C@H](Oc1ccc(Cl)cc1OC1CN(C)C1)c1cccc(CF)c1. The number of ether oxygens (including phenoxy) is 2. The van der Waals surface area contributed by atoms with E-state index in [1.807, 2.05) is 31.2 Å². The van der Waals surface area contributed by atoms with E-state index >= 15 is 0 Å². The maximum Gasteiger partial charge on any atom is 0.163 e. The number of halogens is 2. The number of alkyl halides is 1. The topological polar surface area (TPSA) is 21.7 Å². The van der Waals surface area contributed by atoms with Gasteiger partial charge in [0.1, 0.15) is 18.9 Å². The monoisotopic (exact) mass is 349 g/mol. The molecule has 3 rings (SSSR count). The number of hydrogen-bond acceptors (Lipinski definition) is 3. The maximum absolute atomic E-state index is 12.8. The Balaban J connectivity index is 1.75. The zero-order valence-electron chi connectivity index (χ0n) is 13.8. The second kappa shape index (κ2) is 7.41. The normalized spacial score (nSPS) is 16.5. The van der Waals surface area contributed by atoms with Crippen LogP contribution >= 0.6 is 11.6 Å². The van der Waals surface area contributed by atoms with E-state index in [4.69, 9.17) is 21.1 Å². The summed E-state index contributed by atoms with van der Waals surface area (Å²) in [6.45, 7) is 3.23. The molecule has 0 aromatic heterocycles. The molecule has 24 heavy (non-hydrogen) atoms. The first-order valence-electron chi connectivity index (χ1n) is 8.01. The highest BCUT2D eigenvalue weighted by Crippen LogP contribution is 2.35. The van der Waals surface area contributed by atoms with Crippen LogP contribution in [-0.2, 0) is 6.67 Å². The van der Waals surface area contributed by atoms with E-state index in [1.54, 1.807) is 18.2 Å². The van der Waals surface area contributed by atoms with E-state index in [1.165, 1.54) is 0 Å². The van der Waals surface area contributed by atoms with Crippen LogP contribution in [0.2, 0.25) is 5.02 Å². The summed E-state index contributed by atoms with van der Waals surface area (Å²) in [4.78, 5) is 2.18. The molecule has 0 aliphatic carbocycles. The van der Waals surface area contributed by atoms with Crippen LogP contribution in [0.4, 0.5) is 4.39 Å². The minimum absolute atomic E-state index is 0.154. The standard InChI is InChI=1S/C19H21ClFNO2/c1-13(15-5-3-4-14(8-15)10-21)23-18-7-6-16(20)9-19(18)24-17-11-22(2)12-17/h3-9,13,17H,10-12H2,1-2H3/t13-/m0/s1. The van der Waals surface area contributed by atoms with Gasteiger partial charge in [0.15, 0.2) is 11.5 Å². The molecule has 3 nitrogen and oxygen atoms in total. The molecular formula is C19H21ClFNO2. The van der Waals surface area contributed by atoms with Crippen molar-refractivity contribution in [1.82, 2.24) is 4.90 Å². The minimum Gasteiger partial charge on any atom is -0.484 e. The number of benzene rings is 2. The van der Waals surface area contributed by atoms with Gasteiger partial charge in [-0.3, -0.25) is 4.90 Å². The van der Waals surface area contributed by atoms with Crippen LogP contribution in [0.1, 0.15) is 24.2 Å². The first kappa shape index (κ1) is 17.1. The first-order valence-corrected chi connectivity index (χ1v) is 8.39. The van der Waals surface area contributed by atoms with Gasteiger partial charge in [0.2, 0.25) is 0 Å². The summed E-state index contributed by atoms with van der Waals surface area (Å²) in [5, 5.41) is 0.608. The number of rotatable bonds is 6. The van der Waals surface area contributed by atoms with Gasteiger partial charge < -0.3 is 9.47 Å². The second-order valence-corrected chi connectivity index (χ2v) is 6.63. The fraction of sp³-hybridized carbons (Fsp3) is 0.368. The molecule has 1 heterocycles. The molecule has 1 aliphatic heterocycles. The lowest BCUT2D eigenvalue weighted by Gasteiger charge is -2.36. The molecule has 1 saturated heterocycles. The molecule has 2 aromatic rings. The Labute approximate surface area is 146 Å². The summed E-state index contributed by atoms with van der Waals surface area (Å²) in [7, 11) is 2.05. The van der Waals surface area contributed by atoms with Crippen LogP contribution in [0, 0.1) is 0 Å². The van der Waals surface area contributed by atoms with E-state index in [-0.39, 0.29) is 12.2 Å². The van der Waals surface area contributed by atoms with E-state index in [0.717, 1.165) is 18.7 Å². The Bertz CT molecular complexity index is 704. The molecule has 1 fully saturated rings. The third-order valence-electron chi connectivity index (χ3n) is 4.11. The molecule has 1 aliphatic rings. The maximum atomic E-state index is 12.8. The molecule has 2 aromatic carbocycles. The Morgan fingerprint density at radius 3 is 2.71 bits per heavy atom. The van der Waals surface area contributed by atoms with Crippen LogP contribution in [0.3, 0.4) is 0 Å². The largest absolute Gasteiger partial charge is 0.484 e. The fourth-order valence-corrected chi connectivity index (χ4v) is 2.92. The van der Waals surface area contributed by atoms with Crippen molar-refractivity contribution in [2.75, 3.05) is 20.1 Å². The average molecular weight is 350 g/mol. The summed E-state index contributed by atoms with van der Waals surface area (Å²) in [6.07, 6.45) is -0.0647. The highest BCUT2D eigenvalue weighted by Gasteiger charge is 2.26. The number of likely N-dealkylation sites (N-methyl/N-ethyl adjacent to an activating group) is 1. The highest BCUT2D eigenvalue weighted by atomic mass is 35.5. The Morgan fingerprint density at radius 1 is 1.21 bits per heavy atom. The molecule has 5 heteroatoms. The molecule has 0 N–H and O–H groups in total. The molecule has 0 unspecified atom stereocenters. The zero-order valence-corrected chi connectivity index (χ0v) is 14.6. The van der Waals surface area contributed by atoms with E-state index in [2.05, 4.69) is 11.9 Å². The number of nitrogens with zero attached hydrogens (tertiary/aromatic N) is 1. The van der Waals surface area contributed by atoms with Crippen molar-refractivity contribution in [1.29, 1.82) is 0 Å². The summed E-state index contributed by atoms with van der Waals surface area (Å²) < 4.78 is 24.9. The second-order valence-electron chi connectivity index (χ2n) is 6.19. The summed E-state index contributed by atoms with van der Waals surface area (Å²) in [5.41, 5.74) is 1.57. The van der Waals surface area contributed by atoms with Gasteiger partial charge in [0, 0.05) is 24.2 Å². The van der Waals surface area contributed by atoms with Crippen molar-refractivity contribution < 1.29 is 13.9 Å². The van der Waals surface area contributed by atoms with Gasteiger partial charge in [-0.25, -0.2) is 4.39 Å². The zero-order chi connectivity index (χ0) is 17.1. The van der Waals surface area contributed by atoms with E-state index in [0.29, 0.717) is 22.1 Å². The van der Waals surface area contributed by atoms with Crippen molar-refractivity contribution in [3.8, 4) is 11.5 Å². The molecule has 0 saturated carbocycles. The molecule has 0 bridgehead atoms. The predicted molar refractivity (Wildman–Crippen MR) is 93.7 cm³/mol. The fourth-order valence-electron chi connectivity index (χ4n) is 2.75. The lowest BCUT2D eigenvalue weighted by molar-refractivity contribution is 0.0354. The van der Waals surface area contributed by atoms with Crippen LogP contribution < -0.4 is 9.47 Å². The average Bonchev–Trinajstić information content (AvgIpc) is 2.55. The molecular weight excluding hydrogens is 329 g/mol. The van der Waals surface area contributed by atoms with Gasteiger partial charge in [-0.05, 0) is 43.3 Å². The van der Waals surface area contributed by atoms with E-state index in [9.17, 15) is 4.39 Å². The Hall–Kier alpha value is -1.78. The van der Waals surface area contributed by atoms with Crippen LogP contribution in [0.5, 0.6) is 11.5 Å². The van der Waals surface area contributed by atoms with Gasteiger partial charge in [-0.15, -0.1) is 0 Å². The Morgan fingerprint density at radius 2 is 2.00 bits per heavy atom. The molecule has 0 radical (unpaired) electrons. The van der Waals surface area contributed by atoms with Crippen molar-refractivity contribution >= 4 is 11.6 Å². The van der Waals surface area contributed by atoms with Crippen molar-refractivity contribution in [3.63, 3.8) is 0 Å².